The van der Waals surface area contributed by atoms with Crippen molar-refractivity contribution < 1.29 is 5.11 Å². The molecule has 0 aliphatic carbocycles. The molecule has 0 amide bonds. The van der Waals surface area contributed by atoms with Crippen LogP contribution >= 0.6 is 15.9 Å². The quantitative estimate of drug-likeness (QED) is 0.708. The zero-order valence-corrected chi connectivity index (χ0v) is 16.4. The molecule has 25 heavy (non-hydrogen) atoms. The predicted octanol–water partition coefficient (Wildman–Crippen LogP) is 5.37. The zero-order chi connectivity index (χ0) is 17.8. The fraction of sp³-hybridized carbons (Fsp3) is 0.381. The van der Waals surface area contributed by atoms with Gasteiger partial charge in [0.25, 0.3) is 0 Å². The third-order valence-electron chi connectivity index (χ3n) is 4.73. The zero-order valence-electron chi connectivity index (χ0n) is 14.8. The van der Waals surface area contributed by atoms with E-state index in [2.05, 4.69) is 59.4 Å². The molecule has 4 heteroatoms. The molecular weight excluding hydrogens is 376 g/mol. The lowest BCUT2D eigenvalue weighted by atomic mass is 9.93. The number of aromatic hydroxyl groups is 1. The second-order valence-electron chi connectivity index (χ2n) is 6.56. The molecule has 1 heterocycles. The van der Waals surface area contributed by atoms with Crippen LogP contribution in [0.2, 0.25) is 0 Å². The van der Waals surface area contributed by atoms with Gasteiger partial charge in [0.1, 0.15) is 11.9 Å². The Morgan fingerprint density at radius 3 is 2.60 bits per heavy atom. The first-order valence-corrected chi connectivity index (χ1v) is 9.80. The summed E-state index contributed by atoms with van der Waals surface area (Å²) in [5, 5.41) is 13.9. The van der Waals surface area contributed by atoms with Crippen molar-refractivity contribution in [2.45, 2.75) is 51.7 Å². The van der Waals surface area contributed by atoms with E-state index in [1.165, 1.54) is 11.1 Å². The molecule has 2 aromatic rings. The Hall–Kier alpha value is -1.65. The van der Waals surface area contributed by atoms with Gasteiger partial charge in [-0.25, -0.2) is 0 Å². The van der Waals surface area contributed by atoms with E-state index in [0.29, 0.717) is 5.75 Å². The Kier molecular flexibility index (Phi) is 5.92. The summed E-state index contributed by atoms with van der Waals surface area (Å²) in [4.78, 5) is 4.94. The maximum Gasteiger partial charge on any atom is 0.120 e. The van der Waals surface area contributed by atoms with Gasteiger partial charge in [0, 0.05) is 28.2 Å². The van der Waals surface area contributed by atoms with E-state index in [9.17, 15) is 5.11 Å². The molecule has 2 atom stereocenters. The van der Waals surface area contributed by atoms with Crippen LogP contribution in [0.4, 0.5) is 0 Å². The summed E-state index contributed by atoms with van der Waals surface area (Å²) >= 11 is 3.52. The fourth-order valence-electron chi connectivity index (χ4n) is 3.31. The number of aryl methyl sites for hydroxylation is 1. The third-order valence-corrected chi connectivity index (χ3v) is 5.22. The Labute approximate surface area is 158 Å². The minimum Gasteiger partial charge on any atom is -0.508 e. The largest absolute Gasteiger partial charge is 0.508 e. The smallest absolute Gasteiger partial charge is 0.120 e. The van der Waals surface area contributed by atoms with Gasteiger partial charge in [-0.2, -0.15) is 0 Å². The topological polar surface area (TPSA) is 44.6 Å². The Bertz CT molecular complexity index is 755. The Morgan fingerprint density at radius 2 is 1.92 bits per heavy atom. The second-order valence-corrected chi connectivity index (χ2v) is 7.47. The molecule has 0 radical (unpaired) electrons. The minimum atomic E-state index is 0.0624. The highest BCUT2D eigenvalue weighted by molar-refractivity contribution is 9.10. The van der Waals surface area contributed by atoms with Crippen molar-refractivity contribution in [2.75, 3.05) is 0 Å². The predicted molar refractivity (Wildman–Crippen MR) is 107 cm³/mol. The number of benzene rings is 2. The van der Waals surface area contributed by atoms with E-state index in [1.54, 1.807) is 6.07 Å². The molecule has 0 bridgehead atoms. The molecule has 2 aromatic carbocycles. The van der Waals surface area contributed by atoms with Crippen LogP contribution in [0.1, 0.15) is 55.8 Å². The number of nitrogens with one attached hydrogen (secondary N) is 1. The van der Waals surface area contributed by atoms with Gasteiger partial charge in [0.15, 0.2) is 0 Å². The second kappa shape index (κ2) is 8.15. The van der Waals surface area contributed by atoms with Crippen molar-refractivity contribution in [1.82, 2.24) is 5.32 Å². The Balaban J connectivity index is 1.92. The van der Waals surface area contributed by atoms with E-state index < -0.39 is 0 Å². The number of nitrogens with zero attached hydrogens (tertiary/aromatic N) is 1. The van der Waals surface area contributed by atoms with Gasteiger partial charge in [-0.05, 0) is 42.2 Å². The van der Waals surface area contributed by atoms with Gasteiger partial charge in [-0.1, -0.05) is 60.5 Å². The first-order chi connectivity index (χ1) is 12.1. The van der Waals surface area contributed by atoms with Crippen LogP contribution < -0.4 is 5.32 Å². The van der Waals surface area contributed by atoms with Gasteiger partial charge in [-0.15, -0.1) is 0 Å². The van der Waals surface area contributed by atoms with Crippen molar-refractivity contribution >= 4 is 21.6 Å². The average molecular weight is 401 g/mol. The SMILES string of the molecule is CCC[C@H]1N=C(c2ccc(CC)cc2)C[C@@H](c2cc(Br)ccc2O)N1. The van der Waals surface area contributed by atoms with Gasteiger partial charge in [0.2, 0.25) is 0 Å². The highest BCUT2D eigenvalue weighted by Crippen LogP contribution is 2.33. The molecule has 0 unspecified atom stereocenters. The van der Waals surface area contributed by atoms with Crippen LogP contribution in [0.15, 0.2) is 51.9 Å². The van der Waals surface area contributed by atoms with E-state index in [0.717, 1.165) is 41.4 Å². The maximum absolute atomic E-state index is 10.3. The number of hydrogen-bond donors (Lipinski definition) is 2. The molecule has 132 valence electrons. The molecule has 0 saturated carbocycles. The van der Waals surface area contributed by atoms with Gasteiger partial charge in [0.05, 0.1) is 0 Å². The molecule has 0 spiro atoms. The highest BCUT2D eigenvalue weighted by Gasteiger charge is 2.26. The van der Waals surface area contributed by atoms with Crippen molar-refractivity contribution in [3.63, 3.8) is 0 Å². The van der Waals surface area contributed by atoms with E-state index in [1.807, 2.05) is 12.1 Å². The normalized spacial score (nSPS) is 20.4. The van der Waals surface area contributed by atoms with E-state index >= 15 is 0 Å². The van der Waals surface area contributed by atoms with Crippen molar-refractivity contribution in [3.05, 3.63) is 63.6 Å². The molecule has 0 saturated heterocycles. The molecule has 3 nitrogen and oxygen atoms in total. The summed E-state index contributed by atoms with van der Waals surface area (Å²) in [6.45, 7) is 4.34. The van der Waals surface area contributed by atoms with Crippen LogP contribution in [-0.4, -0.2) is 17.0 Å². The molecule has 1 aliphatic rings. The van der Waals surface area contributed by atoms with Crippen LogP contribution in [0.25, 0.3) is 0 Å². The van der Waals surface area contributed by atoms with E-state index in [-0.39, 0.29) is 12.2 Å². The minimum absolute atomic E-state index is 0.0624. The highest BCUT2D eigenvalue weighted by atomic mass is 79.9. The van der Waals surface area contributed by atoms with Crippen molar-refractivity contribution in [1.29, 1.82) is 0 Å². The molecule has 0 aromatic heterocycles. The van der Waals surface area contributed by atoms with Crippen LogP contribution in [0.5, 0.6) is 5.75 Å². The first-order valence-electron chi connectivity index (χ1n) is 9.01. The first kappa shape index (κ1) is 18.2. The number of halogens is 1. The molecule has 0 fully saturated rings. The van der Waals surface area contributed by atoms with Crippen molar-refractivity contribution in [3.8, 4) is 5.75 Å². The van der Waals surface area contributed by atoms with Gasteiger partial charge >= 0.3 is 0 Å². The molecule has 2 N–H and O–H groups in total. The number of phenolic OH excluding ortho intramolecular Hbond substituents is 1. The standard InChI is InChI=1S/C21H25BrN2O/c1-3-5-21-23-18(15-8-6-14(4-2)7-9-15)13-19(24-21)17-12-16(22)10-11-20(17)25/h6-12,19,21,24-25H,3-5,13H2,1-2H3/t19-,21-/m0/s1. The lowest BCUT2D eigenvalue weighted by Gasteiger charge is -2.30. The maximum atomic E-state index is 10.3. The van der Waals surface area contributed by atoms with Gasteiger partial charge in [-0.3, -0.25) is 10.3 Å². The third kappa shape index (κ3) is 4.31. The molecular formula is C21H25BrN2O. The van der Waals surface area contributed by atoms with Crippen LogP contribution in [0, 0.1) is 0 Å². The lowest BCUT2D eigenvalue weighted by molar-refractivity contribution is 0.391. The fourth-order valence-corrected chi connectivity index (χ4v) is 3.69. The van der Waals surface area contributed by atoms with Crippen LogP contribution in [0.3, 0.4) is 0 Å². The lowest BCUT2D eigenvalue weighted by Crippen LogP contribution is -2.38. The summed E-state index contributed by atoms with van der Waals surface area (Å²) in [5.41, 5.74) is 4.56. The average Bonchev–Trinajstić information content (AvgIpc) is 2.64. The van der Waals surface area contributed by atoms with Crippen LogP contribution in [-0.2, 0) is 6.42 Å². The van der Waals surface area contributed by atoms with Crippen molar-refractivity contribution in [2.24, 2.45) is 4.99 Å². The summed E-state index contributed by atoms with van der Waals surface area (Å²) in [6.07, 6.45) is 3.96. The number of rotatable bonds is 5. The summed E-state index contributed by atoms with van der Waals surface area (Å²) in [6, 6.07) is 14.4. The summed E-state index contributed by atoms with van der Waals surface area (Å²) < 4.78 is 0.977. The summed E-state index contributed by atoms with van der Waals surface area (Å²) in [7, 11) is 0. The Morgan fingerprint density at radius 1 is 1.16 bits per heavy atom. The van der Waals surface area contributed by atoms with Gasteiger partial charge < -0.3 is 5.11 Å². The molecule has 1 aliphatic heterocycles. The number of hydrogen-bond acceptors (Lipinski definition) is 3. The summed E-state index contributed by atoms with van der Waals surface area (Å²) in [5.74, 6) is 0.332. The van der Waals surface area contributed by atoms with E-state index in [4.69, 9.17) is 4.99 Å². The number of phenols is 1. The monoisotopic (exact) mass is 400 g/mol. The number of aliphatic imine (C=N–C) groups is 1. The molecule has 3 rings (SSSR count).